The first kappa shape index (κ1) is 19.7. The van der Waals surface area contributed by atoms with Crippen LogP contribution < -0.4 is 15.4 Å². The molecule has 0 atom stereocenters. The quantitative estimate of drug-likeness (QED) is 0.523. The second kappa shape index (κ2) is 7.36. The Labute approximate surface area is 169 Å². The molecule has 156 valence electrons. The first-order valence-electron chi connectivity index (χ1n) is 9.13. The average Bonchev–Trinajstić information content (AvgIpc) is 3.00. The summed E-state index contributed by atoms with van der Waals surface area (Å²) in [6, 6.07) is 8.53. The lowest BCUT2D eigenvalue weighted by atomic mass is 10.1. The fraction of sp³-hybridized carbons (Fsp3) is 0.250. The van der Waals surface area contributed by atoms with Crippen LogP contribution in [-0.4, -0.2) is 20.7 Å². The summed E-state index contributed by atoms with van der Waals surface area (Å²) >= 11 is 0. The van der Waals surface area contributed by atoms with Crippen LogP contribution in [-0.2, 0) is 24.1 Å². The van der Waals surface area contributed by atoms with Crippen molar-refractivity contribution in [2.75, 3.05) is 5.32 Å². The molecule has 3 aromatic rings. The Morgan fingerprint density at radius 2 is 1.83 bits per heavy atom. The van der Waals surface area contributed by atoms with E-state index in [0.29, 0.717) is 28.8 Å². The standard InChI is InChI=1S/C20H18F3N5O2/c1-11-25-12(2)28(27-11)10-19(29)24-9-13-3-5-15-17(7-13)30-18-8-14(20(21,22)23)4-6-16(18)26-15/h3-8,26H,9-10H2,1-2H3,(H,24,29). The van der Waals surface area contributed by atoms with Crippen molar-refractivity contribution >= 4 is 17.3 Å². The van der Waals surface area contributed by atoms with E-state index in [2.05, 4.69) is 20.7 Å². The van der Waals surface area contributed by atoms with Crippen molar-refractivity contribution in [3.63, 3.8) is 0 Å². The Kier molecular flexibility index (Phi) is 4.84. The largest absolute Gasteiger partial charge is 0.453 e. The van der Waals surface area contributed by atoms with Crippen LogP contribution in [0.1, 0.15) is 22.8 Å². The zero-order chi connectivity index (χ0) is 21.5. The summed E-state index contributed by atoms with van der Waals surface area (Å²) in [5.41, 5.74) is 1.04. The Morgan fingerprint density at radius 1 is 1.13 bits per heavy atom. The predicted molar refractivity (Wildman–Crippen MR) is 103 cm³/mol. The fourth-order valence-corrected chi connectivity index (χ4v) is 3.12. The molecule has 1 aliphatic rings. The van der Waals surface area contributed by atoms with Crippen molar-refractivity contribution in [2.45, 2.75) is 33.1 Å². The third kappa shape index (κ3) is 4.07. The van der Waals surface area contributed by atoms with Crippen LogP contribution in [0.25, 0.3) is 0 Å². The van der Waals surface area contributed by atoms with Gasteiger partial charge < -0.3 is 15.4 Å². The number of nitrogens with one attached hydrogen (secondary N) is 2. The first-order valence-corrected chi connectivity index (χ1v) is 9.13. The highest BCUT2D eigenvalue weighted by molar-refractivity contribution is 5.77. The van der Waals surface area contributed by atoms with Gasteiger partial charge in [-0.25, -0.2) is 9.67 Å². The van der Waals surface area contributed by atoms with Gasteiger partial charge >= 0.3 is 6.18 Å². The lowest BCUT2D eigenvalue weighted by molar-refractivity contribution is -0.137. The first-order chi connectivity index (χ1) is 14.2. The molecule has 7 nitrogen and oxygen atoms in total. The number of ether oxygens (including phenoxy) is 1. The van der Waals surface area contributed by atoms with E-state index >= 15 is 0 Å². The minimum absolute atomic E-state index is 0.0449. The van der Waals surface area contributed by atoms with Gasteiger partial charge in [0.25, 0.3) is 0 Å². The highest BCUT2D eigenvalue weighted by Gasteiger charge is 2.32. The predicted octanol–water partition coefficient (Wildman–Crippen LogP) is 4.08. The highest BCUT2D eigenvalue weighted by atomic mass is 19.4. The maximum absolute atomic E-state index is 13.0. The second-order valence-electron chi connectivity index (χ2n) is 6.91. The van der Waals surface area contributed by atoms with Gasteiger partial charge in [-0.15, -0.1) is 0 Å². The topological polar surface area (TPSA) is 81.1 Å². The van der Waals surface area contributed by atoms with Crippen LogP contribution in [0.15, 0.2) is 36.4 Å². The SMILES string of the molecule is Cc1nc(C)n(CC(=O)NCc2ccc3c(c2)Oc2cc(C(F)(F)F)ccc2N3)n1. The number of rotatable bonds is 4. The molecule has 1 aliphatic heterocycles. The number of nitrogens with zero attached hydrogens (tertiary/aromatic N) is 3. The summed E-state index contributed by atoms with van der Waals surface area (Å²) in [4.78, 5) is 16.3. The lowest BCUT2D eigenvalue weighted by Crippen LogP contribution is -2.28. The fourth-order valence-electron chi connectivity index (χ4n) is 3.12. The molecule has 4 rings (SSSR count). The Hall–Kier alpha value is -3.56. The highest BCUT2D eigenvalue weighted by Crippen LogP contribution is 2.44. The Bertz CT molecular complexity index is 1120. The molecule has 0 unspecified atom stereocenters. The third-order valence-electron chi connectivity index (χ3n) is 4.59. The van der Waals surface area contributed by atoms with Crippen molar-refractivity contribution < 1.29 is 22.7 Å². The number of aromatic nitrogens is 3. The Morgan fingerprint density at radius 3 is 2.50 bits per heavy atom. The van der Waals surface area contributed by atoms with E-state index in [1.807, 2.05) is 0 Å². The van der Waals surface area contributed by atoms with Crippen LogP contribution in [0.2, 0.25) is 0 Å². The molecule has 10 heteroatoms. The molecular weight excluding hydrogens is 399 g/mol. The van der Waals surface area contributed by atoms with Crippen molar-refractivity contribution in [1.82, 2.24) is 20.1 Å². The summed E-state index contributed by atoms with van der Waals surface area (Å²) in [6.45, 7) is 3.79. The number of hydrogen-bond donors (Lipinski definition) is 2. The number of carbonyl (C=O) groups is 1. The number of carbonyl (C=O) groups excluding carboxylic acids is 1. The number of amides is 1. The van der Waals surface area contributed by atoms with Crippen molar-refractivity contribution in [3.05, 3.63) is 59.2 Å². The molecular formula is C20H18F3N5O2. The summed E-state index contributed by atoms with van der Waals surface area (Å²) in [7, 11) is 0. The van der Waals surface area contributed by atoms with E-state index in [9.17, 15) is 18.0 Å². The van der Waals surface area contributed by atoms with Gasteiger partial charge in [0.15, 0.2) is 11.5 Å². The van der Waals surface area contributed by atoms with Crippen molar-refractivity contribution in [3.8, 4) is 11.5 Å². The number of benzene rings is 2. The molecule has 2 aromatic carbocycles. The van der Waals surface area contributed by atoms with Gasteiger partial charge in [-0.2, -0.15) is 18.3 Å². The van der Waals surface area contributed by atoms with Crippen LogP contribution in [0.5, 0.6) is 11.5 Å². The molecule has 0 radical (unpaired) electrons. The summed E-state index contributed by atoms with van der Waals surface area (Å²) < 4.78 is 46.0. The van der Waals surface area contributed by atoms with E-state index in [1.165, 1.54) is 10.7 Å². The van der Waals surface area contributed by atoms with Gasteiger partial charge in [-0.1, -0.05) is 6.07 Å². The van der Waals surface area contributed by atoms with Crippen molar-refractivity contribution in [2.24, 2.45) is 0 Å². The third-order valence-corrected chi connectivity index (χ3v) is 4.59. The molecule has 1 aromatic heterocycles. The van der Waals surface area contributed by atoms with Crippen LogP contribution in [0.3, 0.4) is 0 Å². The molecule has 2 N–H and O–H groups in total. The number of hydrogen-bond acceptors (Lipinski definition) is 5. The number of anilines is 2. The van der Waals surface area contributed by atoms with Gasteiger partial charge in [0.2, 0.25) is 5.91 Å². The van der Waals surface area contributed by atoms with Crippen LogP contribution in [0, 0.1) is 13.8 Å². The monoisotopic (exact) mass is 417 g/mol. The molecule has 0 saturated heterocycles. The Balaban J connectivity index is 1.44. The summed E-state index contributed by atoms with van der Waals surface area (Å²) in [5, 5.41) is 9.99. The zero-order valence-corrected chi connectivity index (χ0v) is 16.2. The van der Waals surface area contributed by atoms with E-state index in [0.717, 1.165) is 17.7 Å². The van der Waals surface area contributed by atoms with Gasteiger partial charge in [0.1, 0.15) is 18.2 Å². The molecule has 0 spiro atoms. The maximum Gasteiger partial charge on any atom is 0.416 e. The number of fused-ring (bicyclic) bond motifs is 2. The van der Waals surface area contributed by atoms with Gasteiger partial charge in [-0.3, -0.25) is 4.79 Å². The lowest BCUT2D eigenvalue weighted by Gasteiger charge is -2.23. The van der Waals surface area contributed by atoms with E-state index in [4.69, 9.17) is 4.74 Å². The number of halogens is 3. The maximum atomic E-state index is 13.0. The van der Waals surface area contributed by atoms with Crippen LogP contribution in [0.4, 0.5) is 24.5 Å². The normalized spacial score (nSPS) is 12.4. The second-order valence-corrected chi connectivity index (χ2v) is 6.91. The van der Waals surface area contributed by atoms with E-state index in [1.54, 1.807) is 32.0 Å². The van der Waals surface area contributed by atoms with E-state index in [-0.39, 0.29) is 24.7 Å². The van der Waals surface area contributed by atoms with E-state index < -0.39 is 11.7 Å². The van der Waals surface area contributed by atoms with Gasteiger partial charge in [0, 0.05) is 6.54 Å². The number of aryl methyl sites for hydroxylation is 2. The minimum atomic E-state index is -4.45. The molecule has 1 amide bonds. The minimum Gasteiger partial charge on any atom is -0.453 e. The molecule has 0 bridgehead atoms. The summed E-state index contributed by atoms with van der Waals surface area (Å²) in [6.07, 6.45) is -4.45. The van der Waals surface area contributed by atoms with Crippen LogP contribution >= 0.6 is 0 Å². The number of alkyl halides is 3. The van der Waals surface area contributed by atoms with Crippen molar-refractivity contribution in [1.29, 1.82) is 0 Å². The molecule has 0 fully saturated rings. The molecule has 0 aliphatic carbocycles. The smallest absolute Gasteiger partial charge is 0.416 e. The van der Waals surface area contributed by atoms with Gasteiger partial charge in [-0.05, 0) is 49.7 Å². The molecule has 30 heavy (non-hydrogen) atoms. The summed E-state index contributed by atoms with van der Waals surface area (Å²) in [5.74, 6) is 1.48. The zero-order valence-electron chi connectivity index (χ0n) is 16.2. The average molecular weight is 417 g/mol. The molecule has 2 heterocycles. The molecule has 0 saturated carbocycles. The van der Waals surface area contributed by atoms with Gasteiger partial charge in [0.05, 0.1) is 16.9 Å².